The largest absolute Gasteiger partial charge is 0.478 e. The first-order valence-corrected chi connectivity index (χ1v) is 9.06. The van der Waals surface area contributed by atoms with Gasteiger partial charge in [0.05, 0.1) is 16.6 Å². The van der Waals surface area contributed by atoms with Crippen LogP contribution in [0.25, 0.3) is 22.3 Å². The van der Waals surface area contributed by atoms with Crippen molar-refractivity contribution in [3.8, 4) is 11.3 Å². The highest BCUT2D eigenvalue weighted by molar-refractivity contribution is 9.10. The molecule has 4 aromatic rings. The van der Waals surface area contributed by atoms with Crippen molar-refractivity contribution in [1.82, 2.24) is 0 Å². The Labute approximate surface area is 163 Å². The molecule has 0 bridgehead atoms. The Balaban J connectivity index is 1.94. The number of hydrogen-bond acceptors (Lipinski definition) is 3. The molecule has 1 heterocycles. The van der Waals surface area contributed by atoms with Gasteiger partial charge in [-0.1, -0.05) is 46.3 Å². The highest BCUT2D eigenvalue weighted by atomic mass is 79.9. The van der Waals surface area contributed by atoms with Gasteiger partial charge in [0.15, 0.2) is 0 Å². The molecule has 5 heteroatoms. The third-order valence-corrected chi connectivity index (χ3v) is 4.62. The van der Waals surface area contributed by atoms with Crippen molar-refractivity contribution in [3.63, 3.8) is 0 Å². The molecule has 27 heavy (non-hydrogen) atoms. The molecule has 0 saturated heterocycles. The second-order valence-electron chi connectivity index (χ2n) is 5.97. The Hall–Kier alpha value is -3.18. The van der Waals surface area contributed by atoms with Crippen molar-refractivity contribution in [2.24, 2.45) is 4.99 Å². The molecule has 1 aromatic heterocycles. The number of fused-ring (bicyclic) bond motifs is 1. The van der Waals surface area contributed by atoms with Crippen LogP contribution in [-0.4, -0.2) is 11.1 Å². The minimum Gasteiger partial charge on any atom is -0.478 e. The van der Waals surface area contributed by atoms with Crippen LogP contribution in [0.5, 0.6) is 0 Å². The van der Waals surface area contributed by atoms with Crippen LogP contribution in [0.3, 0.4) is 0 Å². The Morgan fingerprint density at radius 2 is 1.67 bits per heavy atom. The SMILES string of the molecule is O=C(O)c1ccc(N=c2cc(-c3ccccc3)oc3ccc(Br)cc23)cc1. The molecule has 0 aliphatic heterocycles. The summed E-state index contributed by atoms with van der Waals surface area (Å²) in [6, 6.07) is 24.0. The molecule has 4 rings (SSSR count). The van der Waals surface area contributed by atoms with Crippen molar-refractivity contribution in [2.75, 3.05) is 0 Å². The predicted octanol–water partition coefficient (Wildman–Crippen LogP) is 5.79. The highest BCUT2D eigenvalue weighted by Gasteiger charge is 2.07. The molecule has 0 aliphatic carbocycles. The van der Waals surface area contributed by atoms with E-state index in [0.29, 0.717) is 11.4 Å². The van der Waals surface area contributed by atoms with E-state index in [1.807, 2.05) is 54.6 Å². The van der Waals surface area contributed by atoms with Gasteiger partial charge in [-0.25, -0.2) is 9.79 Å². The maximum absolute atomic E-state index is 11.0. The molecule has 0 saturated carbocycles. The van der Waals surface area contributed by atoms with Crippen molar-refractivity contribution in [1.29, 1.82) is 0 Å². The van der Waals surface area contributed by atoms with E-state index >= 15 is 0 Å². The number of rotatable bonds is 3. The molecule has 0 amide bonds. The zero-order valence-electron chi connectivity index (χ0n) is 14.1. The molecule has 1 N–H and O–H groups in total. The smallest absolute Gasteiger partial charge is 0.335 e. The van der Waals surface area contributed by atoms with Gasteiger partial charge >= 0.3 is 5.97 Å². The van der Waals surface area contributed by atoms with E-state index in [4.69, 9.17) is 14.5 Å². The summed E-state index contributed by atoms with van der Waals surface area (Å²) in [5, 5.41) is 10.7. The summed E-state index contributed by atoms with van der Waals surface area (Å²) in [4.78, 5) is 15.8. The summed E-state index contributed by atoms with van der Waals surface area (Å²) >= 11 is 3.49. The summed E-state index contributed by atoms with van der Waals surface area (Å²) < 4.78 is 7.00. The fourth-order valence-electron chi connectivity index (χ4n) is 2.80. The first-order valence-electron chi connectivity index (χ1n) is 8.27. The molecule has 0 aliphatic rings. The maximum atomic E-state index is 11.0. The lowest BCUT2D eigenvalue weighted by atomic mass is 10.1. The summed E-state index contributed by atoms with van der Waals surface area (Å²) in [6.07, 6.45) is 0. The standard InChI is InChI=1S/C22H14BrNO3/c23-16-8-11-20-18(12-16)19(13-21(27-20)14-4-2-1-3-5-14)24-17-9-6-15(7-10-17)22(25)26/h1-13H,(H,25,26). The number of halogens is 1. The van der Waals surface area contributed by atoms with Gasteiger partial charge in [0, 0.05) is 21.5 Å². The number of carboxylic acids is 1. The van der Waals surface area contributed by atoms with Crippen LogP contribution in [0.1, 0.15) is 10.4 Å². The second-order valence-corrected chi connectivity index (χ2v) is 6.88. The van der Waals surface area contributed by atoms with Crippen molar-refractivity contribution in [3.05, 3.63) is 94.3 Å². The molecule has 0 fully saturated rings. The number of benzene rings is 3. The Kier molecular flexibility index (Phi) is 4.60. The molecular weight excluding hydrogens is 406 g/mol. The fraction of sp³-hybridized carbons (Fsp3) is 0. The normalized spacial score (nSPS) is 11.7. The van der Waals surface area contributed by atoms with Gasteiger partial charge in [0.2, 0.25) is 0 Å². The van der Waals surface area contributed by atoms with Crippen LogP contribution in [0.4, 0.5) is 5.69 Å². The lowest BCUT2D eigenvalue weighted by Gasteiger charge is -2.06. The van der Waals surface area contributed by atoms with Crippen LogP contribution in [0.15, 0.2) is 92.7 Å². The van der Waals surface area contributed by atoms with Crippen molar-refractivity contribution in [2.45, 2.75) is 0 Å². The quantitative estimate of drug-likeness (QED) is 0.456. The number of hydrogen-bond donors (Lipinski definition) is 1. The van der Waals surface area contributed by atoms with Crippen molar-refractivity contribution >= 4 is 38.6 Å². The van der Waals surface area contributed by atoms with E-state index in [1.54, 1.807) is 24.3 Å². The number of carbonyl (C=O) groups is 1. The van der Waals surface area contributed by atoms with Gasteiger partial charge in [-0.15, -0.1) is 0 Å². The zero-order valence-corrected chi connectivity index (χ0v) is 15.7. The van der Waals surface area contributed by atoms with Gasteiger partial charge in [0.1, 0.15) is 11.3 Å². The number of carboxylic acid groups (broad SMARTS) is 1. The highest BCUT2D eigenvalue weighted by Crippen LogP contribution is 2.24. The minimum absolute atomic E-state index is 0.231. The molecular formula is C22H14BrNO3. The number of nitrogens with zero attached hydrogens (tertiary/aromatic N) is 1. The summed E-state index contributed by atoms with van der Waals surface area (Å²) in [7, 11) is 0. The first kappa shape index (κ1) is 17.2. The van der Waals surface area contributed by atoms with Crippen LogP contribution >= 0.6 is 15.9 Å². The maximum Gasteiger partial charge on any atom is 0.335 e. The predicted molar refractivity (Wildman–Crippen MR) is 108 cm³/mol. The monoisotopic (exact) mass is 419 g/mol. The van der Waals surface area contributed by atoms with Gasteiger partial charge in [-0.05, 0) is 42.5 Å². The molecule has 0 radical (unpaired) electrons. The third kappa shape index (κ3) is 3.68. The zero-order chi connectivity index (χ0) is 18.8. The molecule has 0 atom stereocenters. The molecule has 0 spiro atoms. The summed E-state index contributed by atoms with van der Waals surface area (Å²) in [5.74, 6) is -0.243. The van der Waals surface area contributed by atoms with Gasteiger partial charge < -0.3 is 9.52 Å². The summed E-state index contributed by atoms with van der Waals surface area (Å²) in [6.45, 7) is 0. The van der Waals surface area contributed by atoms with Crippen LogP contribution in [0.2, 0.25) is 0 Å². The van der Waals surface area contributed by atoms with Gasteiger partial charge in [-0.3, -0.25) is 0 Å². The average molecular weight is 420 g/mol. The van der Waals surface area contributed by atoms with E-state index in [-0.39, 0.29) is 5.56 Å². The van der Waals surface area contributed by atoms with Crippen LogP contribution in [-0.2, 0) is 0 Å². The second kappa shape index (κ2) is 7.21. The molecule has 4 nitrogen and oxygen atoms in total. The fourth-order valence-corrected chi connectivity index (χ4v) is 3.16. The van der Waals surface area contributed by atoms with E-state index in [2.05, 4.69) is 15.9 Å². The van der Waals surface area contributed by atoms with E-state index in [0.717, 1.165) is 26.4 Å². The number of aromatic carboxylic acids is 1. The van der Waals surface area contributed by atoms with Gasteiger partial charge in [-0.2, -0.15) is 0 Å². The Bertz CT molecular complexity index is 1200. The lowest BCUT2D eigenvalue weighted by Crippen LogP contribution is -2.03. The molecule has 0 unspecified atom stereocenters. The Morgan fingerprint density at radius 3 is 2.37 bits per heavy atom. The molecule has 132 valence electrons. The first-order chi connectivity index (χ1) is 13.1. The third-order valence-electron chi connectivity index (χ3n) is 4.13. The minimum atomic E-state index is -0.958. The van der Waals surface area contributed by atoms with Gasteiger partial charge in [0.25, 0.3) is 0 Å². The molecule has 3 aromatic carbocycles. The van der Waals surface area contributed by atoms with Crippen LogP contribution < -0.4 is 5.36 Å². The van der Waals surface area contributed by atoms with E-state index in [9.17, 15) is 4.79 Å². The van der Waals surface area contributed by atoms with E-state index < -0.39 is 5.97 Å². The average Bonchev–Trinajstić information content (AvgIpc) is 2.69. The summed E-state index contributed by atoms with van der Waals surface area (Å²) in [5.41, 5.74) is 2.58. The van der Waals surface area contributed by atoms with Crippen LogP contribution in [0, 0.1) is 0 Å². The Morgan fingerprint density at radius 1 is 0.926 bits per heavy atom. The topological polar surface area (TPSA) is 62.8 Å². The van der Waals surface area contributed by atoms with E-state index in [1.165, 1.54) is 0 Å². The lowest BCUT2D eigenvalue weighted by molar-refractivity contribution is 0.0697. The van der Waals surface area contributed by atoms with Crippen molar-refractivity contribution < 1.29 is 14.3 Å².